The van der Waals surface area contributed by atoms with Gasteiger partial charge in [-0.25, -0.2) is 4.98 Å². The molecule has 0 spiro atoms. The Morgan fingerprint density at radius 3 is 2.64 bits per heavy atom. The summed E-state index contributed by atoms with van der Waals surface area (Å²) in [6.45, 7) is 3.35. The molecule has 7 nitrogen and oxygen atoms in total. The van der Waals surface area contributed by atoms with E-state index in [1.54, 1.807) is 42.9 Å². The predicted molar refractivity (Wildman–Crippen MR) is 125 cm³/mol. The summed E-state index contributed by atoms with van der Waals surface area (Å²) in [7, 11) is 0. The van der Waals surface area contributed by atoms with Crippen LogP contribution in [-0.2, 0) is 16.1 Å². The molecule has 8 heteroatoms. The van der Waals surface area contributed by atoms with Gasteiger partial charge in [0.05, 0.1) is 24.5 Å². The molecule has 1 atom stereocenters. The van der Waals surface area contributed by atoms with E-state index >= 15 is 0 Å². The Kier molecular flexibility index (Phi) is 6.79. The van der Waals surface area contributed by atoms with Crippen molar-refractivity contribution in [3.05, 3.63) is 89.0 Å². The number of ether oxygens (including phenoxy) is 1. The molecule has 33 heavy (non-hydrogen) atoms. The van der Waals surface area contributed by atoms with Crippen LogP contribution in [0.1, 0.15) is 30.5 Å². The van der Waals surface area contributed by atoms with Crippen LogP contribution in [0.25, 0.3) is 5.76 Å². The summed E-state index contributed by atoms with van der Waals surface area (Å²) in [6.07, 6.45) is 5.86. The van der Waals surface area contributed by atoms with Gasteiger partial charge in [0.15, 0.2) is 0 Å². The van der Waals surface area contributed by atoms with E-state index in [4.69, 9.17) is 16.3 Å². The van der Waals surface area contributed by atoms with Crippen molar-refractivity contribution in [3.8, 4) is 5.75 Å². The summed E-state index contributed by atoms with van der Waals surface area (Å²) in [6, 6.07) is 13.0. The van der Waals surface area contributed by atoms with Crippen molar-refractivity contribution in [2.75, 3.05) is 13.2 Å². The Morgan fingerprint density at radius 2 is 1.94 bits per heavy atom. The minimum atomic E-state index is -0.733. The average molecular weight is 466 g/mol. The fraction of sp³-hybridized carbons (Fsp3) is 0.240. The number of aliphatic hydroxyl groups excluding tert-OH is 1. The number of carbonyl (C=O) groups excluding carboxylic acids is 2. The number of nitrogens with zero attached hydrogens (tertiary/aromatic N) is 3. The van der Waals surface area contributed by atoms with E-state index in [1.807, 2.05) is 35.9 Å². The maximum Gasteiger partial charge on any atom is 0.295 e. The van der Waals surface area contributed by atoms with Gasteiger partial charge in [-0.15, -0.1) is 0 Å². The number of carbonyl (C=O) groups is 2. The zero-order valence-electron chi connectivity index (χ0n) is 18.1. The van der Waals surface area contributed by atoms with E-state index in [0.29, 0.717) is 48.0 Å². The van der Waals surface area contributed by atoms with Gasteiger partial charge in [0.25, 0.3) is 11.7 Å². The van der Waals surface area contributed by atoms with Gasteiger partial charge in [0.1, 0.15) is 11.5 Å². The predicted octanol–water partition coefficient (Wildman–Crippen LogP) is 4.45. The minimum absolute atomic E-state index is 0.0543. The molecule has 4 rings (SSSR count). The van der Waals surface area contributed by atoms with Crippen molar-refractivity contribution < 1.29 is 19.4 Å². The number of amides is 1. The molecular formula is C25H24ClN3O4. The second kappa shape index (κ2) is 9.92. The number of benzene rings is 2. The summed E-state index contributed by atoms with van der Waals surface area (Å²) < 4.78 is 7.54. The standard InChI is InChI=1S/C25H24ClN3O4/c1-2-33-20-6-3-5-18(15-20)22-21(23(30)17-7-9-19(26)10-8-17)24(31)25(32)29(22)13-4-12-28-14-11-27-16-28/h3,5-11,14-16,22,30H,2,4,12-13H2,1H3. The molecule has 1 amide bonds. The van der Waals surface area contributed by atoms with Crippen molar-refractivity contribution in [3.63, 3.8) is 0 Å². The highest BCUT2D eigenvalue weighted by molar-refractivity contribution is 6.46. The highest BCUT2D eigenvalue weighted by Crippen LogP contribution is 2.40. The Hall–Kier alpha value is -3.58. The van der Waals surface area contributed by atoms with E-state index in [2.05, 4.69) is 4.98 Å². The SMILES string of the molecule is CCOc1cccc(C2C(=C(O)c3ccc(Cl)cc3)C(=O)C(=O)N2CCCn2ccnc2)c1. The molecule has 1 aromatic heterocycles. The van der Waals surface area contributed by atoms with Crippen LogP contribution < -0.4 is 4.74 Å². The van der Waals surface area contributed by atoms with E-state index in [9.17, 15) is 14.7 Å². The molecule has 0 saturated carbocycles. The normalized spacial score (nSPS) is 17.5. The summed E-state index contributed by atoms with van der Waals surface area (Å²) in [5.41, 5.74) is 1.17. The first kappa shape index (κ1) is 22.6. The Morgan fingerprint density at radius 1 is 1.15 bits per heavy atom. The van der Waals surface area contributed by atoms with Gasteiger partial charge in [0, 0.05) is 36.1 Å². The third-order valence-electron chi connectivity index (χ3n) is 5.52. The van der Waals surface area contributed by atoms with Gasteiger partial charge in [-0.1, -0.05) is 23.7 Å². The van der Waals surface area contributed by atoms with Crippen LogP contribution in [0, 0.1) is 0 Å². The second-order valence-electron chi connectivity index (χ2n) is 7.66. The van der Waals surface area contributed by atoms with Crippen molar-refractivity contribution >= 4 is 29.1 Å². The van der Waals surface area contributed by atoms with Crippen LogP contribution in [0.5, 0.6) is 5.75 Å². The summed E-state index contributed by atoms with van der Waals surface area (Å²) in [5, 5.41) is 11.6. The highest BCUT2D eigenvalue weighted by Gasteiger charge is 2.45. The number of likely N-dealkylation sites (tertiary alicyclic amines) is 1. The molecule has 1 unspecified atom stereocenters. The monoisotopic (exact) mass is 465 g/mol. The number of imidazole rings is 1. The Bertz CT molecular complexity index is 1170. The van der Waals surface area contributed by atoms with E-state index in [1.165, 1.54) is 4.90 Å². The number of hydrogen-bond acceptors (Lipinski definition) is 5. The number of rotatable bonds is 8. The number of aromatic nitrogens is 2. The third kappa shape index (κ3) is 4.78. The van der Waals surface area contributed by atoms with E-state index in [0.717, 1.165) is 0 Å². The second-order valence-corrected chi connectivity index (χ2v) is 8.10. The summed E-state index contributed by atoms with van der Waals surface area (Å²) in [5.74, 6) is -0.945. The lowest BCUT2D eigenvalue weighted by atomic mass is 9.95. The van der Waals surface area contributed by atoms with Gasteiger partial charge in [-0.05, 0) is 55.3 Å². The van der Waals surface area contributed by atoms with Gasteiger partial charge in [-0.2, -0.15) is 0 Å². The Balaban J connectivity index is 1.74. The quantitative estimate of drug-likeness (QED) is 0.302. The zero-order valence-corrected chi connectivity index (χ0v) is 18.9. The summed E-state index contributed by atoms with van der Waals surface area (Å²) >= 11 is 5.97. The molecule has 0 bridgehead atoms. The average Bonchev–Trinajstić information content (AvgIpc) is 3.42. The first-order chi connectivity index (χ1) is 16.0. The fourth-order valence-electron chi connectivity index (χ4n) is 4.00. The van der Waals surface area contributed by atoms with Crippen molar-refractivity contribution in [1.29, 1.82) is 0 Å². The number of aliphatic hydroxyl groups is 1. The van der Waals surface area contributed by atoms with Gasteiger partial charge >= 0.3 is 0 Å². The topological polar surface area (TPSA) is 84.7 Å². The number of ketones is 1. The number of aryl methyl sites for hydroxylation is 1. The lowest BCUT2D eigenvalue weighted by Gasteiger charge is -2.25. The molecule has 1 aliphatic rings. The van der Waals surface area contributed by atoms with Crippen LogP contribution in [0.2, 0.25) is 5.02 Å². The van der Waals surface area contributed by atoms with Crippen LogP contribution in [-0.4, -0.2) is 44.4 Å². The first-order valence-corrected chi connectivity index (χ1v) is 11.1. The lowest BCUT2D eigenvalue weighted by molar-refractivity contribution is -0.139. The fourth-order valence-corrected chi connectivity index (χ4v) is 4.13. The van der Waals surface area contributed by atoms with Crippen molar-refractivity contribution in [2.45, 2.75) is 25.9 Å². The number of hydrogen-bond donors (Lipinski definition) is 1. The summed E-state index contributed by atoms with van der Waals surface area (Å²) in [4.78, 5) is 31.7. The Labute approximate surface area is 196 Å². The third-order valence-corrected chi connectivity index (χ3v) is 5.77. The maximum atomic E-state index is 13.1. The van der Waals surface area contributed by atoms with Crippen LogP contribution >= 0.6 is 11.6 Å². The van der Waals surface area contributed by atoms with E-state index < -0.39 is 17.7 Å². The van der Waals surface area contributed by atoms with Gasteiger partial charge in [0.2, 0.25) is 0 Å². The van der Waals surface area contributed by atoms with Gasteiger partial charge < -0.3 is 19.3 Å². The van der Waals surface area contributed by atoms with Crippen molar-refractivity contribution in [2.24, 2.45) is 0 Å². The molecule has 2 heterocycles. The van der Waals surface area contributed by atoms with Gasteiger partial charge in [-0.3, -0.25) is 9.59 Å². The molecule has 2 aromatic carbocycles. The molecule has 170 valence electrons. The molecule has 1 fully saturated rings. The molecule has 1 aliphatic heterocycles. The maximum absolute atomic E-state index is 13.1. The minimum Gasteiger partial charge on any atom is -0.507 e. The molecule has 0 radical (unpaired) electrons. The van der Waals surface area contributed by atoms with Crippen LogP contribution in [0.4, 0.5) is 0 Å². The lowest BCUT2D eigenvalue weighted by Crippen LogP contribution is -2.31. The zero-order chi connectivity index (χ0) is 23.4. The molecule has 1 N–H and O–H groups in total. The smallest absolute Gasteiger partial charge is 0.295 e. The number of Topliss-reactive ketones (excluding diaryl/α,β-unsaturated/α-hetero) is 1. The molecule has 3 aromatic rings. The highest BCUT2D eigenvalue weighted by atomic mass is 35.5. The largest absolute Gasteiger partial charge is 0.507 e. The van der Waals surface area contributed by atoms with Crippen LogP contribution in [0.3, 0.4) is 0 Å². The molecule has 0 aliphatic carbocycles. The van der Waals surface area contributed by atoms with Crippen LogP contribution in [0.15, 0.2) is 72.8 Å². The molecular weight excluding hydrogens is 442 g/mol. The van der Waals surface area contributed by atoms with Crippen molar-refractivity contribution in [1.82, 2.24) is 14.5 Å². The van der Waals surface area contributed by atoms with E-state index in [-0.39, 0.29) is 11.3 Å². The molecule has 1 saturated heterocycles. The number of halogens is 1. The first-order valence-electron chi connectivity index (χ1n) is 10.7.